The van der Waals surface area contributed by atoms with Gasteiger partial charge in [-0.05, 0) is 34.7 Å². The van der Waals surface area contributed by atoms with Crippen molar-refractivity contribution in [1.29, 1.82) is 0 Å². The van der Waals surface area contributed by atoms with E-state index in [1.54, 1.807) is 0 Å². The number of aromatic nitrogens is 2. The predicted molar refractivity (Wildman–Crippen MR) is 83.8 cm³/mol. The number of hydrogen-bond donors (Lipinski definition) is 0. The first-order valence-electron chi connectivity index (χ1n) is 6.67. The first kappa shape index (κ1) is 13.8. The van der Waals surface area contributed by atoms with Crippen LogP contribution in [0.25, 0.3) is 0 Å². The number of halogens is 1. The molecule has 3 rings (SSSR count). The normalized spacial score (nSPS) is 17.8. The average Bonchev–Trinajstić information content (AvgIpc) is 2.91. The van der Waals surface area contributed by atoms with Gasteiger partial charge in [-0.3, -0.25) is 9.48 Å². The molecule has 0 N–H and O–H groups in total. The smallest absolute Gasteiger partial charge is 0.182 e. The van der Waals surface area contributed by atoms with Gasteiger partial charge in [-0.25, -0.2) is 0 Å². The van der Waals surface area contributed by atoms with Crippen molar-refractivity contribution < 1.29 is 9.53 Å². The Morgan fingerprint density at radius 1 is 1.50 bits per heavy atom. The van der Waals surface area contributed by atoms with Crippen LogP contribution in [0, 0.1) is 3.57 Å². The molecule has 2 heterocycles. The van der Waals surface area contributed by atoms with Gasteiger partial charge in [0.25, 0.3) is 0 Å². The highest BCUT2D eigenvalue weighted by Crippen LogP contribution is 2.32. The minimum absolute atomic E-state index is 0.0772. The van der Waals surface area contributed by atoms with Crippen LogP contribution < -0.4 is 0 Å². The summed E-state index contributed by atoms with van der Waals surface area (Å²) in [4.78, 5) is 11.8. The molecule has 0 saturated carbocycles. The average molecular weight is 382 g/mol. The van der Waals surface area contributed by atoms with Crippen molar-refractivity contribution in [3.05, 3.63) is 50.9 Å². The Hall–Kier alpha value is -1.21. The summed E-state index contributed by atoms with van der Waals surface area (Å²) in [5.41, 5.74) is 2.64. The van der Waals surface area contributed by atoms with Crippen LogP contribution in [0.15, 0.2) is 30.3 Å². The van der Waals surface area contributed by atoms with E-state index in [2.05, 4.69) is 39.8 Å². The Bertz CT molecular complexity index is 651. The van der Waals surface area contributed by atoms with E-state index < -0.39 is 0 Å². The molecule has 0 bridgehead atoms. The van der Waals surface area contributed by atoms with Gasteiger partial charge >= 0.3 is 0 Å². The molecule has 1 aromatic heterocycles. The lowest BCUT2D eigenvalue weighted by Crippen LogP contribution is -2.23. The second-order valence-corrected chi connectivity index (χ2v) is 5.89. The number of ketones is 1. The molecule has 1 aliphatic heterocycles. The van der Waals surface area contributed by atoms with Gasteiger partial charge < -0.3 is 4.74 Å². The van der Waals surface area contributed by atoms with Crippen molar-refractivity contribution in [1.82, 2.24) is 9.78 Å². The number of ether oxygens (including phenoxy) is 1. The molecule has 0 unspecified atom stereocenters. The van der Waals surface area contributed by atoms with Gasteiger partial charge in [0, 0.05) is 15.6 Å². The number of rotatable bonds is 3. The number of nitrogens with zero attached hydrogens (tertiary/aromatic N) is 2. The summed E-state index contributed by atoms with van der Waals surface area (Å²) in [6.07, 6.45) is 0.341. The zero-order chi connectivity index (χ0) is 14.1. The van der Waals surface area contributed by atoms with Gasteiger partial charge in [0.2, 0.25) is 0 Å². The molecule has 0 fully saturated rings. The van der Waals surface area contributed by atoms with E-state index in [1.807, 2.05) is 29.8 Å². The number of carbonyl (C=O) groups is 1. The summed E-state index contributed by atoms with van der Waals surface area (Å²) < 4.78 is 8.98. The molecule has 0 aliphatic carbocycles. The minimum Gasteiger partial charge on any atom is -0.365 e. The maximum atomic E-state index is 11.8. The van der Waals surface area contributed by atoms with Crippen molar-refractivity contribution >= 4 is 28.4 Å². The maximum Gasteiger partial charge on any atom is 0.182 e. The minimum atomic E-state index is -0.136. The Labute approximate surface area is 131 Å². The first-order valence-corrected chi connectivity index (χ1v) is 7.75. The van der Waals surface area contributed by atoms with E-state index in [0.29, 0.717) is 25.3 Å². The first-order chi connectivity index (χ1) is 9.70. The van der Waals surface area contributed by atoms with Crippen LogP contribution in [0.4, 0.5) is 0 Å². The van der Waals surface area contributed by atoms with Gasteiger partial charge in [-0.2, -0.15) is 5.10 Å². The fourth-order valence-corrected chi connectivity index (χ4v) is 3.09. The third-order valence-corrected chi connectivity index (χ3v) is 4.44. The van der Waals surface area contributed by atoms with Crippen LogP contribution in [0.1, 0.15) is 41.2 Å². The largest absolute Gasteiger partial charge is 0.365 e. The molecular formula is C15H15IN2O2. The molecule has 4 nitrogen and oxygen atoms in total. The molecule has 5 heteroatoms. The molecule has 1 aliphatic rings. The van der Waals surface area contributed by atoms with E-state index in [-0.39, 0.29) is 11.9 Å². The fourth-order valence-electron chi connectivity index (χ4n) is 2.42. The van der Waals surface area contributed by atoms with E-state index >= 15 is 0 Å². The highest BCUT2D eigenvalue weighted by Gasteiger charge is 2.27. The lowest BCUT2D eigenvalue weighted by Gasteiger charge is -2.25. The van der Waals surface area contributed by atoms with E-state index in [4.69, 9.17) is 4.74 Å². The van der Waals surface area contributed by atoms with Crippen LogP contribution >= 0.6 is 22.6 Å². The quantitative estimate of drug-likeness (QED) is 0.605. The molecule has 0 amide bonds. The van der Waals surface area contributed by atoms with E-state index in [1.165, 1.54) is 0 Å². The number of benzene rings is 1. The second-order valence-electron chi connectivity index (χ2n) is 4.73. The maximum absolute atomic E-state index is 11.8. The van der Waals surface area contributed by atoms with Gasteiger partial charge in [0.15, 0.2) is 5.78 Å². The topological polar surface area (TPSA) is 44.1 Å². The summed E-state index contributed by atoms with van der Waals surface area (Å²) in [5, 5.41) is 4.41. The number of fused-ring (bicyclic) bond motifs is 1. The Balaban J connectivity index is 2.04. The number of hydrogen-bond acceptors (Lipinski definition) is 3. The molecular weight excluding hydrogens is 367 g/mol. The monoisotopic (exact) mass is 382 g/mol. The molecule has 2 aromatic rings. The summed E-state index contributed by atoms with van der Waals surface area (Å²) in [6, 6.07) is 10.0. The highest BCUT2D eigenvalue weighted by molar-refractivity contribution is 14.1. The molecule has 0 radical (unpaired) electrons. The third kappa shape index (κ3) is 2.40. The summed E-state index contributed by atoms with van der Waals surface area (Å²) in [6.45, 7) is 3.17. The van der Waals surface area contributed by atoms with Crippen LogP contribution in [0.3, 0.4) is 0 Å². The molecule has 0 saturated heterocycles. The van der Waals surface area contributed by atoms with Gasteiger partial charge in [0.1, 0.15) is 11.8 Å². The van der Waals surface area contributed by atoms with Gasteiger partial charge in [-0.1, -0.05) is 25.1 Å². The molecule has 1 aromatic carbocycles. The van der Waals surface area contributed by atoms with Crippen LogP contribution in [0.2, 0.25) is 0 Å². The predicted octanol–water partition coefficient (Wildman–Crippen LogP) is 3.20. The lowest BCUT2D eigenvalue weighted by atomic mass is 10.0. The summed E-state index contributed by atoms with van der Waals surface area (Å²) >= 11 is 2.31. The van der Waals surface area contributed by atoms with Gasteiger partial charge in [-0.15, -0.1) is 0 Å². The lowest BCUT2D eigenvalue weighted by molar-refractivity contribution is 0.0417. The van der Waals surface area contributed by atoms with Crippen molar-refractivity contribution in [2.75, 3.05) is 6.61 Å². The standard InChI is InChI=1S/C15H15IN2O2/c1-2-14(19)12-9-13-15(20-8-7-18(13)17-12)10-5-3-4-6-11(10)16/h3-6,9,15H,2,7-8H2,1H3/t15-/m1/s1. The van der Waals surface area contributed by atoms with Crippen LogP contribution in [-0.2, 0) is 11.3 Å². The summed E-state index contributed by atoms with van der Waals surface area (Å²) in [5.74, 6) is 0.0772. The Morgan fingerprint density at radius 3 is 3.05 bits per heavy atom. The Kier molecular flexibility index (Phi) is 3.89. The number of Topliss-reactive ketones (excluding diaryl/α,β-unsaturated/α-hetero) is 1. The highest BCUT2D eigenvalue weighted by atomic mass is 127. The molecule has 20 heavy (non-hydrogen) atoms. The molecule has 1 atom stereocenters. The SMILES string of the molecule is CCC(=O)c1cc2n(n1)CCO[C@@H]2c1ccccc1I. The van der Waals surface area contributed by atoms with Crippen molar-refractivity contribution in [3.63, 3.8) is 0 Å². The third-order valence-electron chi connectivity index (χ3n) is 3.46. The van der Waals surface area contributed by atoms with E-state index in [9.17, 15) is 4.79 Å². The van der Waals surface area contributed by atoms with Crippen molar-refractivity contribution in [2.24, 2.45) is 0 Å². The Morgan fingerprint density at radius 2 is 2.30 bits per heavy atom. The van der Waals surface area contributed by atoms with E-state index in [0.717, 1.165) is 14.8 Å². The van der Waals surface area contributed by atoms with Crippen LogP contribution in [-0.4, -0.2) is 22.2 Å². The number of carbonyl (C=O) groups excluding carboxylic acids is 1. The van der Waals surface area contributed by atoms with Crippen molar-refractivity contribution in [2.45, 2.75) is 26.0 Å². The fraction of sp³-hybridized carbons (Fsp3) is 0.333. The summed E-state index contributed by atoms with van der Waals surface area (Å²) in [7, 11) is 0. The van der Waals surface area contributed by atoms with Crippen molar-refractivity contribution in [3.8, 4) is 0 Å². The van der Waals surface area contributed by atoms with Crippen LogP contribution in [0.5, 0.6) is 0 Å². The van der Waals surface area contributed by atoms with Gasteiger partial charge in [0.05, 0.1) is 18.8 Å². The zero-order valence-electron chi connectivity index (χ0n) is 11.2. The molecule has 104 valence electrons. The molecule has 0 spiro atoms. The second kappa shape index (κ2) is 5.65. The zero-order valence-corrected chi connectivity index (χ0v) is 13.3.